The average molecular weight is 440 g/mol. The van der Waals surface area contributed by atoms with Crippen molar-refractivity contribution >= 4 is 39.8 Å². The Morgan fingerprint density at radius 2 is 2.00 bits per heavy atom. The summed E-state index contributed by atoms with van der Waals surface area (Å²) in [6.45, 7) is 3.48. The van der Waals surface area contributed by atoms with Crippen molar-refractivity contribution in [2.24, 2.45) is 16.5 Å². The first-order valence-electron chi connectivity index (χ1n) is 8.71. The molecule has 1 amide bonds. The van der Waals surface area contributed by atoms with Gasteiger partial charge in [-0.25, -0.2) is 9.37 Å². The van der Waals surface area contributed by atoms with E-state index in [9.17, 15) is 13.4 Å². The van der Waals surface area contributed by atoms with Crippen molar-refractivity contribution in [3.63, 3.8) is 0 Å². The number of amidine groups is 1. The standard InChI is InChI=1S/C18H18ClFN4O2S.CH5N/c1-18(2)17(21)24-15(9-27(18)26)12-7-11(4-5-13(12)20)23-16(25)14-6-3-10(19)8-22-14;1-2/h3-8,15H,9H2,1-2H3,(H2,21,24)(H,23,25);2H2,1H3. The molecule has 156 valence electrons. The number of pyridine rings is 1. The molecule has 2 atom stereocenters. The number of rotatable bonds is 3. The summed E-state index contributed by atoms with van der Waals surface area (Å²) in [7, 11) is 0.199. The molecule has 0 saturated carbocycles. The van der Waals surface area contributed by atoms with Crippen molar-refractivity contribution in [2.45, 2.75) is 24.6 Å². The third kappa shape index (κ3) is 5.17. The minimum Gasteiger partial charge on any atom is -0.386 e. The molecule has 5 N–H and O–H groups in total. The Bertz CT molecular complexity index is 950. The number of carbonyl (C=O) groups is 1. The second kappa shape index (κ2) is 9.43. The molecule has 0 bridgehead atoms. The predicted octanol–water partition coefficient (Wildman–Crippen LogP) is 2.64. The van der Waals surface area contributed by atoms with Crippen LogP contribution in [-0.2, 0) is 10.8 Å². The lowest BCUT2D eigenvalue weighted by Gasteiger charge is -2.31. The second-order valence-corrected chi connectivity index (χ2v) is 9.09. The summed E-state index contributed by atoms with van der Waals surface area (Å²) in [6, 6.07) is 6.50. The van der Waals surface area contributed by atoms with Crippen LogP contribution in [0.25, 0.3) is 0 Å². The molecule has 0 spiro atoms. The maximum absolute atomic E-state index is 14.4. The number of hydrogen-bond donors (Lipinski definition) is 3. The van der Waals surface area contributed by atoms with Gasteiger partial charge >= 0.3 is 0 Å². The summed E-state index contributed by atoms with van der Waals surface area (Å²) < 4.78 is 26.0. The SMILES string of the molecule is CC1(C)C(N)=NC(c2cc(NC(=O)c3ccc(Cl)cn3)ccc2F)CS1=O.CN. The highest BCUT2D eigenvalue weighted by Crippen LogP contribution is 2.32. The summed E-state index contributed by atoms with van der Waals surface area (Å²) in [5.74, 6) is -0.589. The average Bonchev–Trinajstić information content (AvgIpc) is 2.69. The highest BCUT2D eigenvalue weighted by Gasteiger charge is 2.37. The lowest BCUT2D eigenvalue weighted by Crippen LogP contribution is -2.47. The quantitative estimate of drug-likeness (QED) is 0.678. The van der Waals surface area contributed by atoms with Crippen molar-refractivity contribution in [1.82, 2.24) is 4.98 Å². The number of amides is 1. The Morgan fingerprint density at radius 3 is 2.59 bits per heavy atom. The van der Waals surface area contributed by atoms with E-state index in [2.05, 4.69) is 21.0 Å². The van der Waals surface area contributed by atoms with Gasteiger partial charge in [0.1, 0.15) is 17.3 Å². The summed E-state index contributed by atoms with van der Waals surface area (Å²) in [6.07, 6.45) is 1.36. The number of hydrogen-bond acceptors (Lipinski definition) is 6. The van der Waals surface area contributed by atoms with Gasteiger partial charge in [-0.3, -0.25) is 14.0 Å². The number of carbonyl (C=O) groups excluding carboxylic acids is 1. The summed E-state index contributed by atoms with van der Waals surface area (Å²) in [4.78, 5) is 20.6. The first-order valence-corrected chi connectivity index (χ1v) is 10.4. The fraction of sp³-hybridized carbons (Fsp3) is 0.316. The van der Waals surface area contributed by atoms with Crippen molar-refractivity contribution in [1.29, 1.82) is 0 Å². The molecule has 0 saturated heterocycles. The number of nitrogens with zero attached hydrogens (tertiary/aromatic N) is 2. The van der Waals surface area contributed by atoms with Crippen LogP contribution in [0.2, 0.25) is 5.02 Å². The van der Waals surface area contributed by atoms with E-state index in [1.807, 2.05) is 0 Å². The third-order valence-corrected chi connectivity index (χ3v) is 6.55. The first kappa shape index (κ1) is 22.9. The maximum atomic E-state index is 14.4. The van der Waals surface area contributed by atoms with Crippen LogP contribution in [0.3, 0.4) is 0 Å². The van der Waals surface area contributed by atoms with Gasteiger partial charge in [-0.2, -0.15) is 0 Å². The van der Waals surface area contributed by atoms with Crippen LogP contribution in [0.5, 0.6) is 0 Å². The van der Waals surface area contributed by atoms with Crippen LogP contribution in [0.4, 0.5) is 10.1 Å². The van der Waals surface area contributed by atoms with Crippen molar-refractivity contribution in [3.05, 3.63) is 58.6 Å². The molecule has 0 aliphatic carbocycles. The lowest BCUT2D eigenvalue weighted by molar-refractivity contribution is 0.102. The molecular weight excluding hydrogens is 417 g/mol. The predicted molar refractivity (Wildman–Crippen MR) is 115 cm³/mol. The Morgan fingerprint density at radius 1 is 1.31 bits per heavy atom. The van der Waals surface area contributed by atoms with Crippen LogP contribution < -0.4 is 16.8 Å². The molecule has 10 heteroatoms. The van der Waals surface area contributed by atoms with E-state index < -0.39 is 33.3 Å². The van der Waals surface area contributed by atoms with Crippen molar-refractivity contribution in [3.8, 4) is 0 Å². The third-order valence-electron chi connectivity index (χ3n) is 4.36. The molecule has 2 heterocycles. The van der Waals surface area contributed by atoms with Gasteiger partial charge in [0.05, 0.1) is 21.6 Å². The molecule has 2 aromatic rings. The summed E-state index contributed by atoms with van der Waals surface area (Å²) in [5.41, 5.74) is 11.2. The molecular formula is C19H23ClFN5O2S. The molecule has 1 aromatic carbocycles. The number of benzene rings is 1. The van der Waals surface area contributed by atoms with Crippen molar-refractivity contribution in [2.75, 3.05) is 18.1 Å². The van der Waals surface area contributed by atoms with Gasteiger partial charge in [-0.05, 0) is 51.2 Å². The van der Waals surface area contributed by atoms with Crippen LogP contribution in [0.15, 0.2) is 41.5 Å². The maximum Gasteiger partial charge on any atom is 0.274 e. The Kier molecular flexibility index (Phi) is 7.45. The van der Waals surface area contributed by atoms with Gasteiger partial charge in [-0.1, -0.05) is 11.6 Å². The van der Waals surface area contributed by atoms with Crippen LogP contribution >= 0.6 is 11.6 Å². The number of anilines is 1. The molecule has 29 heavy (non-hydrogen) atoms. The van der Waals surface area contributed by atoms with Gasteiger partial charge in [0.15, 0.2) is 0 Å². The topological polar surface area (TPSA) is 123 Å². The molecule has 1 aliphatic heterocycles. The largest absolute Gasteiger partial charge is 0.386 e. The fourth-order valence-electron chi connectivity index (χ4n) is 2.57. The number of aromatic nitrogens is 1. The second-order valence-electron chi connectivity index (χ2n) is 6.60. The highest BCUT2D eigenvalue weighted by molar-refractivity contribution is 7.87. The molecule has 2 unspecified atom stereocenters. The van der Waals surface area contributed by atoms with Gasteiger partial charge < -0.3 is 16.8 Å². The smallest absolute Gasteiger partial charge is 0.274 e. The summed E-state index contributed by atoms with van der Waals surface area (Å²) >= 11 is 5.76. The zero-order valence-corrected chi connectivity index (χ0v) is 17.9. The van der Waals surface area contributed by atoms with Crippen LogP contribution in [0.1, 0.15) is 35.9 Å². The van der Waals surface area contributed by atoms with E-state index >= 15 is 0 Å². The molecule has 1 aliphatic rings. The van der Waals surface area contributed by atoms with Gasteiger partial charge in [0, 0.05) is 28.2 Å². The zero-order chi connectivity index (χ0) is 21.8. The summed E-state index contributed by atoms with van der Waals surface area (Å²) in [5, 5.41) is 3.07. The molecule has 7 nitrogen and oxygen atoms in total. The van der Waals surface area contributed by atoms with E-state index in [0.717, 1.165) is 0 Å². The van der Waals surface area contributed by atoms with Crippen LogP contribution in [0, 0.1) is 5.82 Å². The van der Waals surface area contributed by atoms with Crippen molar-refractivity contribution < 1.29 is 13.4 Å². The lowest BCUT2D eigenvalue weighted by atomic mass is 10.1. The minimum atomic E-state index is -1.30. The monoisotopic (exact) mass is 439 g/mol. The highest BCUT2D eigenvalue weighted by atomic mass is 35.5. The normalized spacial score (nSPS) is 20.1. The Labute approximate surface area is 176 Å². The van der Waals surface area contributed by atoms with E-state index in [4.69, 9.17) is 17.3 Å². The Balaban J connectivity index is 0.00000145. The number of nitrogens with two attached hydrogens (primary N) is 2. The Hall–Kier alpha value is -2.36. The van der Waals surface area contributed by atoms with E-state index in [1.165, 1.54) is 37.5 Å². The number of halogens is 2. The number of aliphatic imine (C=N–C) groups is 1. The minimum absolute atomic E-state index is 0.154. The number of nitrogens with one attached hydrogen (secondary N) is 1. The molecule has 0 fully saturated rings. The fourth-order valence-corrected chi connectivity index (χ4v) is 3.93. The van der Waals surface area contributed by atoms with E-state index in [1.54, 1.807) is 19.9 Å². The van der Waals surface area contributed by atoms with E-state index in [-0.39, 0.29) is 22.8 Å². The van der Waals surface area contributed by atoms with Gasteiger partial charge in [0.2, 0.25) is 0 Å². The van der Waals surface area contributed by atoms with Gasteiger partial charge in [-0.15, -0.1) is 0 Å². The zero-order valence-electron chi connectivity index (χ0n) is 16.3. The van der Waals surface area contributed by atoms with Gasteiger partial charge in [0.25, 0.3) is 5.91 Å². The molecule has 3 rings (SSSR count). The van der Waals surface area contributed by atoms with Crippen LogP contribution in [-0.4, -0.2) is 38.5 Å². The first-order chi connectivity index (χ1) is 13.7. The molecule has 0 radical (unpaired) electrons. The molecule has 1 aromatic heterocycles. The van der Waals surface area contributed by atoms with E-state index in [0.29, 0.717) is 10.7 Å².